The van der Waals surface area contributed by atoms with E-state index in [0.29, 0.717) is 39.4 Å². The molecular weight excluding hydrogens is 431 g/mol. The summed E-state index contributed by atoms with van der Waals surface area (Å²) in [5, 5.41) is 15.7. The summed E-state index contributed by atoms with van der Waals surface area (Å²) in [5.74, 6) is -0.149. The summed E-state index contributed by atoms with van der Waals surface area (Å²) in [5.41, 5.74) is 2.73. The second-order valence-corrected chi connectivity index (χ2v) is 8.08. The van der Waals surface area contributed by atoms with E-state index in [1.165, 1.54) is 0 Å². The van der Waals surface area contributed by atoms with E-state index in [1.54, 1.807) is 36.5 Å². The molecule has 0 aliphatic heterocycles. The minimum atomic E-state index is -0.607. The molecule has 4 aromatic rings. The summed E-state index contributed by atoms with van der Waals surface area (Å²) in [7, 11) is 0. The number of aromatic nitrogens is 1. The average molecular weight is 451 g/mol. The molecule has 4 nitrogen and oxygen atoms in total. The fraction of sp³-hybridized carbons (Fsp3) is 0.120. The molecule has 0 spiro atoms. The Kier molecular flexibility index (Phi) is 6.40. The van der Waals surface area contributed by atoms with Gasteiger partial charge in [0.05, 0.1) is 11.1 Å². The highest BCUT2D eigenvalue weighted by molar-refractivity contribution is 6.35. The van der Waals surface area contributed by atoms with Crippen molar-refractivity contribution in [1.29, 1.82) is 0 Å². The molecule has 31 heavy (non-hydrogen) atoms. The summed E-state index contributed by atoms with van der Waals surface area (Å²) in [6, 6.07) is 21.6. The minimum Gasteiger partial charge on any atom is -0.505 e. The van der Waals surface area contributed by atoms with Gasteiger partial charge in [-0.25, -0.2) is 0 Å². The Labute approximate surface area is 190 Å². The Bertz CT molecular complexity index is 1210. The lowest BCUT2D eigenvalue weighted by Gasteiger charge is -2.22. The van der Waals surface area contributed by atoms with Crippen molar-refractivity contribution in [3.63, 3.8) is 0 Å². The normalized spacial score (nSPS) is 11.9. The number of amides is 1. The number of aromatic hydroxyl groups is 1. The lowest BCUT2D eigenvalue weighted by molar-refractivity contribution is -0.121. The molecule has 4 rings (SSSR count). The topological polar surface area (TPSA) is 62.2 Å². The molecular formula is C25H20Cl2N2O2. The van der Waals surface area contributed by atoms with Gasteiger partial charge >= 0.3 is 0 Å². The van der Waals surface area contributed by atoms with Crippen LogP contribution >= 0.6 is 23.2 Å². The molecule has 0 bridgehead atoms. The van der Waals surface area contributed by atoms with Gasteiger partial charge in [0.15, 0.2) is 0 Å². The first-order valence-electron chi connectivity index (χ1n) is 9.88. The van der Waals surface area contributed by atoms with E-state index in [0.717, 1.165) is 11.1 Å². The van der Waals surface area contributed by atoms with Crippen molar-refractivity contribution in [2.75, 3.05) is 0 Å². The Morgan fingerprint density at radius 3 is 2.48 bits per heavy atom. The number of halogens is 2. The minimum absolute atomic E-state index is 0.0108. The monoisotopic (exact) mass is 450 g/mol. The number of carbonyl (C=O) groups excluding carboxylic acids is 1. The van der Waals surface area contributed by atoms with E-state index in [4.69, 9.17) is 23.2 Å². The summed E-state index contributed by atoms with van der Waals surface area (Å²) < 4.78 is 0. The van der Waals surface area contributed by atoms with Gasteiger partial charge in [0.25, 0.3) is 0 Å². The van der Waals surface area contributed by atoms with Crippen LogP contribution in [0.5, 0.6) is 5.75 Å². The summed E-state index contributed by atoms with van der Waals surface area (Å²) in [6.07, 6.45) is 2.53. The second kappa shape index (κ2) is 9.38. The highest BCUT2D eigenvalue weighted by Gasteiger charge is 2.23. The lowest BCUT2D eigenvalue weighted by Crippen LogP contribution is -2.29. The maximum atomic E-state index is 12.8. The van der Waals surface area contributed by atoms with Crippen LogP contribution in [0.15, 0.2) is 79.0 Å². The van der Waals surface area contributed by atoms with Crippen LogP contribution < -0.4 is 5.32 Å². The number of rotatable bonds is 6. The van der Waals surface area contributed by atoms with E-state index in [-0.39, 0.29) is 11.7 Å². The highest BCUT2D eigenvalue weighted by atomic mass is 35.5. The molecule has 6 heteroatoms. The van der Waals surface area contributed by atoms with Gasteiger partial charge in [0, 0.05) is 28.6 Å². The molecule has 156 valence electrons. The summed E-state index contributed by atoms with van der Waals surface area (Å²) >= 11 is 12.5. The van der Waals surface area contributed by atoms with Crippen molar-refractivity contribution < 1.29 is 9.90 Å². The number of fused-ring (bicyclic) bond motifs is 1. The van der Waals surface area contributed by atoms with Crippen molar-refractivity contribution in [3.8, 4) is 5.75 Å². The van der Waals surface area contributed by atoms with Crippen LogP contribution in [0.3, 0.4) is 0 Å². The van der Waals surface area contributed by atoms with E-state index in [1.807, 2.05) is 42.5 Å². The molecule has 0 saturated carbocycles. The summed E-state index contributed by atoms with van der Waals surface area (Å²) in [4.78, 5) is 17.1. The smallest absolute Gasteiger partial charge is 0.221 e. The number of phenols is 1. The molecule has 0 saturated heterocycles. The Balaban J connectivity index is 1.68. The van der Waals surface area contributed by atoms with Gasteiger partial charge in [-0.05, 0) is 47.9 Å². The van der Waals surface area contributed by atoms with Gasteiger partial charge in [-0.2, -0.15) is 0 Å². The molecule has 1 amide bonds. The van der Waals surface area contributed by atoms with E-state index in [2.05, 4.69) is 10.3 Å². The van der Waals surface area contributed by atoms with Gasteiger partial charge in [0.2, 0.25) is 5.91 Å². The van der Waals surface area contributed by atoms with Crippen molar-refractivity contribution in [2.45, 2.75) is 18.9 Å². The van der Waals surface area contributed by atoms with Crippen molar-refractivity contribution in [1.82, 2.24) is 10.3 Å². The molecule has 0 aliphatic rings. The molecule has 2 N–H and O–H groups in total. The first-order valence-corrected chi connectivity index (χ1v) is 10.6. The van der Waals surface area contributed by atoms with Gasteiger partial charge in [0.1, 0.15) is 11.3 Å². The van der Waals surface area contributed by atoms with Crippen LogP contribution in [0, 0.1) is 0 Å². The zero-order valence-corrected chi connectivity index (χ0v) is 18.1. The van der Waals surface area contributed by atoms with Crippen LogP contribution in [-0.2, 0) is 11.2 Å². The van der Waals surface area contributed by atoms with Crippen LogP contribution in [0.4, 0.5) is 0 Å². The van der Waals surface area contributed by atoms with E-state index < -0.39 is 6.04 Å². The lowest BCUT2D eigenvalue weighted by atomic mass is 9.96. The number of aryl methyl sites for hydroxylation is 1. The standard InChI is InChI=1S/C25H20Cl2N2O2/c26-18-11-9-17(10-12-18)23(29-22(30)13-8-16-5-2-1-3-6-16)20-15-21(27)19-7-4-14-28-24(19)25(20)31/h1-7,9-12,14-15,23,31H,8,13H2,(H,29,30). The fourth-order valence-corrected chi connectivity index (χ4v) is 3.95. The fourth-order valence-electron chi connectivity index (χ4n) is 3.56. The maximum Gasteiger partial charge on any atom is 0.221 e. The predicted octanol–water partition coefficient (Wildman–Crippen LogP) is 6.09. The highest BCUT2D eigenvalue weighted by Crippen LogP contribution is 2.38. The number of hydrogen-bond acceptors (Lipinski definition) is 3. The molecule has 1 unspecified atom stereocenters. The first kappa shape index (κ1) is 21.2. The third kappa shape index (κ3) is 4.82. The van der Waals surface area contributed by atoms with E-state index >= 15 is 0 Å². The Morgan fingerprint density at radius 1 is 1.00 bits per heavy atom. The molecule has 1 atom stereocenters. The third-order valence-electron chi connectivity index (χ3n) is 5.15. The van der Waals surface area contributed by atoms with Gasteiger partial charge in [-0.1, -0.05) is 65.7 Å². The number of hydrogen-bond donors (Lipinski definition) is 2. The SMILES string of the molecule is O=C(CCc1ccccc1)NC(c1ccc(Cl)cc1)c1cc(Cl)c2cccnc2c1O. The Hall–Kier alpha value is -3.08. The van der Waals surface area contributed by atoms with Crippen molar-refractivity contribution in [3.05, 3.63) is 106 Å². The quantitative estimate of drug-likeness (QED) is 0.373. The molecule has 0 aliphatic carbocycles. The van der Waals surface area contributed by atoms with Crippen LogP contribution in [0.25, 0.3) is 10.9 Å². The van der Waals surface area contributed by atoms with Crippen LogP contribution in [0.1, 0.15) is 29.2 Å². The molecule has 0 fully saturated rings. The van der Waals surface area contributed by atoms with E-state index in [9.17, 15) is 9.90 Å². The number of phenolic OH excluding ortho intramolecular Hbond substituents is 1. The number of pyridine rings is 1. The third-order valence-corrected chi connectivity index (χ3v) is 5.71. The van der Waals surface area contributed by atoms with Gasteiger partial charge < -0.3 is 10.4 Å². The van der Waals surface area contributed by atoms with Crippen molar-refractivity contribution >= 4 is 40.0 Å². The maximum absolute atomic E-state index is 12.8. The molecule has 3 aromatic carbocycles. The zero-order valence-electron chi connectivity index (χ0n) is 16.6. The van der Waals surface area contributed by atoms with Crippen molar-refractivity contribution in [2.24, 2.45) is 0 Å². The van der Waals surface area contributed by atoms with Gasteiger partial charge in [-0.15, -0.1) is 0 Å². The number of nitrogens with one attached hydrogen (secondary N) is 1. The zero-order chi connectivity index (χ0) is 21.8. The number of carbonyl (C=O) groups is 1. The molecule has 0 radical (unpaired) electrons. The average Bonchev–Trinajstić information content (AvgIpc) is 2.80. The molecule has 1 aromatic heterocycles. The van der Waals surface area contributed by atoms with Crippen LogP contribution in [0.2, 0.25) is 10.0 Å². The first-order chi connectivity index (χ1) is 15.0. The van der Waals surface area contributed by atoms with Crippen LogP contribution in [-0.4, -0.2) is 16.0 Å². The largest absolute Gasteiger partial charge is 0.505 e. The van der Waals surface area contributed by atoms with Gasteiger partial charge in [-0.3, -0.25) is 9.78 Å². The predicted molar refractivity (Wildman–Crippen MR) is 125 cm³/mol. The number of benzene rings is 3. The Morgan fingerprint density at radius 2 is 1.74 bits per heavy atom. The second-order valence-electron chi connectivity index (χ2n) is 7.23. The molecule has 1 heterocycles. The summed E-state index contributed by atoms with van der Waals surface area (Å²) in [6.45, 7) is 0. The number of nitrogens with zero attached hydrogens (tertiary/aromatic N) is 1.